The Labute approximate surface area is 115 Å². The Morgan fingerprint density at radius 1 is 1.32 bits per heavy atom. The summed E-state index contributed by atoms with van der Waals surface area (Å²) < 4.78 is 5.56. The van der Waals surface area contributed by atoms with E-state index < -0.39 is 5.60 Å². The van der Waals surface area contributed by atoms with Crippen molar-refractivity contribution < 1.29 is 9.84 Å². The predicted octanol–water partition coefficient (Wildman–Crippen LogP) is 2.23. The number of benzene rings is 1. The second kappa shape index (κ2) is 4.50. The highest BCUT2D eigenvalue weighted by molar-refractivity contribution is 5.47. The molecule has 0 aliphatic carbocycles. The van der Waals surface area contributed by atoms with Crippen molar-refractivity contribution in [2.45, 2.75) is 32.3 Å². The first kappa shape index (κ1) is 12.9. The average Bonchev–Trinajstić information content (AvgIpc) is 2.78. The summed E-state index contributed by atoms with van der Waals surface area (Å²) in [6.45, 7) is 7.29. The number of ether oxygens (including phenoxy) is 1. The summed E-state index contributed by atoms with van der Waals surface area (Å²) in [6.07, 6.45) is 1.91. The summed E-state index contributed by atoms with van der Waals surface area (Å²) in [5, 5.41) is 11.3. The van der Waals surface area contributed by atoms with Crippen molar-refractivity contribution in [3.8, 4) is 5.75 Å². The molecule has 1 aromatic carbocycles. The van der Waals surface area contributed by atoms with Gasteiger partial charge in [-0.05, 0) is 50.4 Å². The Kier molecular flexibility index (Phi) is 3.06. The third kappa shape index (κ3) is 1.96. The van der Waals surface area contributed by atoms with Crippen molar-refractivity contribution in [3.05, 3.63) is 28.8 Å². The molecule has 0 radical (unpaired) electrons. The molecule has 2 fully saturated rings. The first-order chi connectivity index (χ1) is 9.04. The fourth-order valence-corrected chi connectivity index (χ4v) is 3.93. The van der Waals surface area contributed by atoms with Gasteiger partial charge >= 0.3 is 0 Å². The zero-order valence-corrected chi connectivity index (χ0v) is 12.1. The summed E-state index contributed by atoms with van der Waals surface area (Å²) in [7, 11) is 1.70. The van der Waals surface area contributed by atoms with Gasteiger partial charge in [0.25, 0.3) is 0 Å². The maximum Gasteiger partial charge on any atom is 0.125 e. The number of piperidine rings is 1. The van der Waals surface area contributed by atoms with Gasteiger partial charge in [0.2, 0.25) is 0 Å². The van der Waals surface area contributed by atoms with Crippen molar-refractivity contribution in [1.29, 1.82) is 0 Å². The summed E-state index contributed by atoms with van der Waals surface area (Å²) in [5.41, 5.74) is 2.65. The second-order valence-corrected chi connectivity index (χ2v) is 6.12. The van der Waals surface area contributed by atoms with E-state index in [0.29, 0.717) is 5.92 Å². The molecule has 0 saturated carbocycles. The van der Waals surface area contributed by atoms with Crippen molar-refractivity contribution in [2.75, 3.05) is 26.7 Å². The third-order valence-corrected chi connectivity index (χ3v) is 4.85. The lowest BCUT2D eigenvalue weighted by Crippen LogP contribution is -2.44. The molecular formula is C16H23NO2. The molecule has 2 aliphatic rings. The van der Waals surface area contributed by atoms with E-state index in [1.807, 2.05) is 6.07 Å². The van der Waals surface area contributed by atoms with E-state index in [9.17, 15) is 5.11 Å². The Balaban J connectivity index is 2.10. The van der Waals surface area contributed by atoms with E-state index in [1.165, 1.54) is 5.56 Å². The predicted molar refractivity (Wildman–Crippen MR) is 75.5 cm³/mol. The first-order valence-corrected chi connectivity index (χ1v) is 7.15. The quantitative estimate of drug-likeness (QED) is 0.886. The van der Waals surface area contributed by atoms with Crippen LogP contribution in [-0.4, -0.2) is 36.8 Å². The molecule has 19 heavy (non-hydrogen) atoms. The minimum atomic E-state index is -0.712. The first-order valence-electron chi connectivity index (χ1n) is 7.15. The zero-order chi connectivity index (χ0) is 13.6. The van der Waals surface area contributed by atoms with Crippen LogP contribution in [0.3, 0.4) is 0 Å². The fourth-order valence-electron chi connectivity index (χ4n) is 3.93. The third-order valence-electron chi connectivity index (χ3n) is 4.85. The van der Waals surface area contributed by atoms with Crippen LogP contribution in [0.2, 0.25) is 0 Å². The minimum absolute atomic E-state index is 0.344. The van der Waals surface area contributed by atoms with Crippen LogP contribution in [-0.2, 0) is 5.60 Å². The lowest BCUT2D eigenvalue weighted by Gasteiger charge is -2.40. The molecule has 0 aromatic heterocycles. The van der Waals surface area contributed by atoms with E-state index in [4.69, 9.17) is 4.74 Å². The molecule has 3 heteroatoms. The molecule has 1 N–H and O–H groups in total. The average molecular weight is 261 g/mol. The van der Waals surface area contributed by atoms with Crippen LogP contribution >= 0.6 is 0 Å². The van der Waals surface area contributed by atoms with Gasteiger partial charge in [-0.3, -0.25) is 0 Å². The molecule has 0 amide bonds. The molecule has 3 unspecified atom stereocenters. The Bertz CT molecular complexity index is 500. The summed E-state index contributed by atoms with van der Waals surface area (Å²) >= 11 is 0. The molecular weight excluding hydrogens is 238 g/mol. The van der Waals surface area contributed by atoms with Gasteiger partial charge < -0.3 is 14.7 Å². The number of nitrogens with zero attached hydrogens (tertiary/aromatic N) is 1. The highest BCUT2D eigenvalue weighted by Gasteiger charge is 2.47. The fraction of sp³-hybridized carbons (Fsp3) is 0.625. The molecule has 3 atom stereocenters. The van der Waals surface area contributed by atoms with Crippen molar-refractivity contribution >= 4 is 0 Å². The van der Waals surface area contributed by atoms with E-state index in [1.54, 1.807) is 7.11 Å². The number of aryl methyl sites for hydroxylation is 2. The Hall–Kier alpha value is -1.06. The van der Waals surface area contributed by atoms with Crippen LogP contribution in [0, 0.1) is 19.8 Å². The SMILES string of the molecule is COc1cc(C)cc(C)c1C1(O)CCN2CCC1C2. The maximum absolute atomic E-state index is 11.3. The van der Waals surface area contributed by atoms with Crippen LogP contribution in [0.5, 0.6) is 5.75 Å². The highest BCUT2D eigenvalue weighted by Crippen LogP contribution is 2.47. The molecule has 2 saturated heterocycles. The van der Waals surface area contributed by atoms with Gasteiger partial charge in [-0.1, -0.05) is 6.07 Å². The maximum atomic E-state index is 11.3. The van der Waals surface area contributed by atoms with Gasteiger partial charge in [-0.25, -0.2) is 0 Å². The Morgan fingerprint density at radius 3 is 2.84 bits per heavy atom. The monoisotopic (exact) mass is 261 g/mol. The normalized spacial score (nSPS) is 33.5. The van der Waals surface area contributed by atoms with Crippen molar-refractivity contribution in [1.82, 2.24) is 4.90 Å². The van der Waals surface area contributed by atoms with E-state index in [2.05, 4.69) is 24.8 Å². The lowest BCUT2D eigenvalue weighted by molar-refractivity contribution is -0.0521. The van der Waals surface area contributed by atoms with Crippen molar-refractivity contribution in [2.24, 2.45) is 5.92 Å². The standard InChI is InChI=1S/C16H23NO2/c1-11-8-12(2)15(14(9-11)19-3)16(18)5-7-17-6-4-13(16)10-17/h8-9,13,18H,4-7,10H2,1-3H3. The van der Waals surface area contributed by atoms with Crippen LogP contribution in [0.1, 0.15) is 29.5 Å². The number of fused-ring (bicyclic) bond motifs is 2. The number of hydrogen-bond donors (Lipinski definition) is 1. The number of hydrogen-bond acceptors (Lipinski definition) is 3. The largest absolute Gasteiger partial charge is 0.496 e. The molecule has 3 rings (SSSR count). The zero-order valence-electron chi connectivity index (χ0n) is 12.1. The van der Waals surface area contributed by atoms with E-state index in [0.717, 1.165) is 49.4 Å². The van der Waals surface area contributed by atoms with Crippen molar-refractivity contribution in [3.63, 3.8) is 0 Å². The minimum Gasteiger partial charge on any atom is -0.496 e. The highest BCUT2D eigenvalue weighted by atomic mass is 16.5. The van der Waals surface area contributed by atoms with Gasteiger partial charge in [0, 0.05) is 24.6 Å². The van der Waals surface area contributed by atoms with E-state index >= 15 is 0 Å². The molecule has 2 bridgehead atoms. The van der Waals surface area contributed by atoms with Gasteiger partial charge in [-0.2, -0.15) is 0 Å². The molecule has 3 nitrogen and oxygen atoms in total. The molecule has 2 heterocycles. The summed E-state index contributed by atoms with van der Waals surface area (Å²) in [6, 6.07) is 4.19. The number of aliphatic hydroxyl groups is 1. The van der Waals surface area contributed by atoms with Gasteiger partial charge in [-0.15, -0.1) is 0 Å². The van der Waals surface area contributed by atoms with Crippen LogP contribution in [0.15, 0.2) is 12.1 Å². The van der Waals surface area contributed by atoms with Gasteiger partial charge in [0.05, 0.1) is 12.7 Å². The van der Waals surface area contributed by atoms with Crippen LogP contribution in [0.4, 0.5) is 0 Å². The summed E-state index contributed by atoms with van der Waals surface area (Å²) in [5.74, 6) is 1.19. The molecule has 2 aliphatic heterocycles. The Morgan fingerprint density at radius 2 is 2.11 bits per heavy atom. The van der Waals surface area contributed by atoms with Crippen LogP contribution < -0.4 is 4.74 Å². The van der Waals surface area contributed by atoms with Gasteiger partial charge in [0.1, 0.15) is 5.75 Å². The topological polar surface area (TPSA) is 32.7 Å². The lowest BCUT2D eigenvalue weighted by atomic mass is 9.74. The molecule has 1 aromatic rings. The van der Waals surface area contributed by atoms with Crippen LogP contribution in [0.25, 0.3) is 0 Å². The number of methoxy groups -OCH3 is 1. The van der Waals surface area contributed by atoms with Gasteiger partial charge in [0.15, 0.2) is 0 Å². The smallest absolute Gasteiger partial charge is 0.125 e. The summed E-state index contributed by atoms with van der Waals surface area (Å²) in [4.78, 5) is 2.45. The van der Waals surface area contributed by atoms with E-state index in [-0.39, 0.29) is 0 Å². The number of rotatable bonds is 2. The molecule has 104 valence electrons. The second-order valence-electron chi connectivity index (χ2n) is 6.12. The molecule has 0 spiro atoms.